The average molecular weight is 388 g/mol. The Morgan fingerprint density at radius 2 is 1.93 bits per heavy atom. The Balaban J connectivity index is 1.72. The number of nitrogens with zero attached hydrogens (tertiary/aromatic N) is 1. The molecule has 1 heterocycles. The first-order chi connectivity index (χ1) is 12.9. The number of ether oxygens (including phenoxy) is 1. The Kier molecular flexibility index (Phi) is 5.32. The lowest BCUT2D eigenvalue weighted by Crippen LogP contribution is -2.28. The molecule has 140 valence electrons. The van der Waals surface area contributed by atoms with Crippen molar-refractivity contribution in [3.05, 3.63) is 53.1 Å². The number of carbonyl (C=O) groups is 3. The molecular weight excluding hydrogens is 370 g/mol. The van der Waals surface area contributed by atoms with Crippen LogP contribution >= 0.6 is 11.6 Å². The maximum absolute atomic E-state index is 12.5. The second-order valence-electron chi connectivity index (χ2n) is 6.15. The van der Waals surface area contributed by atoms with Crippen LogP contribution in [-0.4, -0.2) is 31.4 Å². The molecule has 27 heavy (non-hydrogen) atoms. The van der Waals surface area contributed by atoms with Gasteiger partial charge in [-0.3, -0.25) is 14.4 Å². The average Bonchev–Trinajstić information content (AvgIpc) is 3.04. The highest BCUT2D eigenvalue weighted by molar-refractivity contribution is 6.31. The van der Waals surface area contributed by atoms with Crippen molar-refractivity contribution in [2.75, 3.05) is 23.9 Å². The van der Waals surface area contributed by atoms with E-state index in [1.165, 1.54) is 24.1 Å². The van der Waals surface area contributed by atoms with Crippen LogP contribution in [0.15, 0.2) is 42.5 Å². The Morgan fingerprint density at radius 1 is 1.22 bits per heavy atom. The fourth-order valence-corrected chi connectivity index (χ4v) is 3.12. The van der Waals surface area contributed by atoms with Gasteiger partial charge in [-0.15, -0.1) is 0 Å². The second kappa shape index (κ2) is 7.67. The van der Waals surface area contributed by atoms with E-state index in [0.29, 0.717) is 27.7 Å². The van der Waals surface area contributed by atoms with Crippen molar-refractivity contribution < 1.29 is 19.1 Å². The molecule has 0 radical (unpaired) electrons. The number of nitrogens with two attached hydrogens (primary N) is 1. The molecule has 7 nitrogen and oxygen atoms in total. The Hall–Kier alpha value is -3.06. The van der Waals surface area contributed by atoms with Crippen LogP contribution in [-0.2, 0) is 9.59 Å². The van der Waals surface area contributed by atoms with Gasteiger partial charge in [0.1, 0.15) is 5.75 Å². The van der Waals surface area contributed by atoms with Crippen LogP contribution in [0.5, 0.6) is 5.75 Å². The van der Waals surface area contributed by atoms with Gasteiger partial charge in [-0.1, -0.05) is 11.6 Å². The Labute approximate surface area is 161 Å². The number of rotatable bonds is 5. The summed E-state index contributed by atoms with van der Waals surface area (Å²) >= 11 is 6.04. The predicted octanol–water partition coefficient (Wildman–Crippen LogP) is 2.44. The number of hydrogen-bond acceptors (Lipinski definition) is 4. The SMILES string of the molecule is COc1ccc(Cl)cc1N1C[C@H](C(=O)Nc2ccc(C(N)=O)cc2)CC1=O. The van der Waals surface area contributed by atoms with Crippen molar-refractivity contribution >= 4 is 40.7 Å². The fourth-order valence-electron chi connectivity index (χ4n) is 2.95. The molecule has 8 heteroatoms. The molecule has 2 aromatic carbocycles. The van der Waals surface area contributed by atoms with Gasteiger partial charge in [-0.25, -0.2) is 0 Å². The van der Waals surface area contributed by atoms with Gasteiger partial charge >= 0.3 is 0 Å². The van der Waals surface area contributed by atoms with Crippen molar-refractivity contribution in [1.82, 2.24) is 0 Å². The third-order valence-corrected chi connectivity index (χ3v) is 4.60. The topological polar surface area (TPSA) is 102 Å². The van der Waals surface area contributed by atoms with Crippen LogP contribution in [0.1, 0.15) is 16.8 Å². The molecule has 3 rings (SSSR count). The molecule has 1 saturated heterocycles. The van der Waals surface area contributed by atoms with Gasteiger partial charge in [0.05, 0.1) is 18.7 Å². The van der Waals surface area contributed by atoms with Crippen molar-refractivity contribution in [2.24, 2.45) is 11.7 Å². The highest BCUT2D eigenvalue weighted by atomic mass is 35.5. The zero-order valence-electron chi connectivity index (χ0n) is 14.6. The van der Waals surface area contributed by atoms with Crippen molar-refractivity contribution in [3.8, 4) is 5.75 Å². The lowest BCUT2D eigenvalue weighted by atomic mass is 10.1. The summed E-state index contributed by atoms with van der Waals surface area (Å²) in [5, 5.41) is 3.23. The number of benzene rings is 2. The number of halogens is 1. The summed E-state index contributed by atoms with van der Waals surface area (Å²) in [6, 6.07) is 11.2. The summed E-state index contributed by atoms with van der Waals surface area (Å²) in [5.41, 5.74) is 6.61. The molecule has 3 amide bonds. The molecule has 1 fully saturated rings. The highest BCUT2D eigenvalue weighted by Gasteiger charge is 2.36. The molecule has 0 spiro atoms. The minimum absolute atomic E-state index is 0.0842. The monoisotopic (exact) mass is 387 g/mol. The molecule has 0 unspecified atom stereocenters. The Morgan fingerprint density at radius 3 is 2.56 bits per heavy atom. The summed E-state index contributed by atoms with van der Waals surface area (Å²) in [4.78, 5) is 37.6. The standard InChI is InChI=1S/C19H18ClN3O4/c1-27-16-7-4-13(20)9-15(16)23-10-12(8-17(23)24)19(26)22-14-5-2-11(3-6-14)18(21)25/h2-7,9,12H,8,10H2,1H3,(H2,21,25)(H,22,26)/t12-/m1/s1. The van der Waals surface area contributed by atoms with Gasteiger partial charge in [0.15, 0.2) is 0 Å². The first kappa shape index (κ1) is 18.7. The molecule has 1 atom stereocenters. The maximum atomic E-state index is 12.5. The predicted molar refractivity (Wildman–Crippen MR) is 102 cm³/mol. The molecule has 0 saturated carbocycles. The van der Waals surface area contributed by atoms with E-state index in [1.54, 1.807) is 30.3 Å². The number of hydrogen-bond donors (Lipinski definition) is 2. The van der Waals surface area contributed by atoms with Gasteiger partial charge in [-0.05, 0) is 42.5 Å². The summed E-state index contributed by atoms with van der Waals surface area (Å²) < 4.78 is 5.29. The first-order valence-electron chi connectivity index (χ1n) is 8.23. The zero-order chi connectivity index (χ0) is 19.6. The summed E-state index contributed by atoms with van der Waals surface area (Å²) in [6.07, 6.45) is 0.0842. The molecule has 0 aliphatic carbocycles. The summed E-state index contributed by atoms with van der Waals surface area (Å²) in [5.74, 6) is -1.01. The normalized spacial score (nSPS) is 16.3. The summed E-state index contributed by atoms with van der Waals surface area (Å²) in [7, 11) is 1.51. The van der Waals surface area contributed by atoms with Gasteiger partial charge < -0.3 is 20.7 Å². The van der Waals surface area contributed by atoms with E-state index in [0.717, 1.165) is 0 Å². The zero-order valence-corrected chi connectivity index (χ0v) is 15.3. The maximum Gasteiger partial charge on any atom is 0.248 e. The van der Waals surface area contributed by atoms with E-state index in [1.807, 2.05) is 0 Å². The first-order valence-corrected chi connectivity index (χ1v) is 8.61. The second-order valence-corrected chi connectivity index (χ2v) is 6.59. The third kappa shape index (κ3) is 4.03. The van der Waals surface area contributed by atoms with E-state index in [-0.39, 0.29) is 24.8 Å². The minimum atomic E-state index is -0.541. The van der Waals surface area contributed by atoms with Crippen molar-refractivity contribution in [3.63, 3.8) is 0 Å². The lowest BCUT2D eigenvalue weighted by molar-refractivity contribution is -0.122. The van der Waals surface area contributed by atoms with Gasteiger partial charge in [0.2, 0.25) is 17.7 Å². The largest absolute Gasteiger partial charge is 0.495 e. The number of primary amides is 1. The van der Waals surface area contributed by atoms with Gasteiger partial charge in [-0.2, -0.15) is 0 Å². The third-order valence-electron chi connectivity index (χ3n) is 4.36. The lowest BCUT2D eigenvalue weighted by Gasteiger charge is -2.20. The molecule has 1 aliphatic rings. The van der Waals surface area contributed by atoms with E-state index in [4.69, 9.17) is 22.1 Å². The van der Waals surface area contributed by atoms with Gasteiger partial charge in [0, 0.05) is 29.2 Å². The minimum Gasteiger partial charge on any atom is -0.495 e. The number of anilines is 2. The molecule has 0 aromatic heterocycles. The fraction of sp³-hybridized carbons (Fsp3) is 0.211. The molecule has 0 bridgehead atoms. The number of carbonyl (C=O) groups excluding carboxylic acids is 3. The van der Waals surface area contributed by atoms with Crippen LogP contribution in [0.3, 0.4) is 0 Å². The number of amides is 3. The molecular formula is C19H18ClN3O4. The smallest absolute Gasteiger partial charge is 0.248 e. The van der Waals surface area contributed by atoms with Crippen LogP contribution in [0, 0.1) is 5.92 Å². The quantitative estimate of drug-likeness (QED) is 0.822. The van der Waals surface area contributed by atoms with E-state index in [9.17, 15) is 14.4 Å². The molecule has 1 aliphatic heterocycles. The highest BCUT2D eigenvalue weighted by Crippen LogP contribution is 2.35. The van der Waals surface area contributed by atoms with Crippen LogP contribution in [0.25, 0.3) is 0 Å². The number of nitrogens with one attached hydrogen (secondary N) is 1. The Bertz CT molecular complexity index is 898. The van der Waals surface area contributed by atoms with Gasteiger partial charge in [0.25, 0.3) is 0 Å². The van der Waals surface area contributed by atoms with Crippen LogP contribution < -0.4 is 20.7 Å². The van der Waals surface area contributed by atoms with Crippen molar-refractivity contribution in [1.29, 1.82) is 0 Å². The van der Waals surface area contributed by atoms with Crippen LogP contribution in [0.2, 0.25) is 5.02 Å². The molecule has 2 aromatic rings. The summed E-state index contributed by atoms with van der Waals surface area (Å²) in [6.45, 7) is 0.223. The van der Waals surface area contributed by atoms with Crippen molar-refractivity contribution in [2.45, 2.75) is 6.42 Å². The molecule has 3 N–H and O–H groups in total. The van der Waals surface area contributed by atoms with E-state index < -0.39 is 11.8 Å². The van der Waals surface area contributed by atoms with E-state index in [2.05, 4.69) is 5.32 Å². The van der Waals surface area contributed by atoms with Crippen LogP contribution in [0.4, 0.5) is 11.4 Å². The number of methoxy groups -OCH3 is 1. The van der Waals surface area contributed by atoms with E-state index >= 15 is 0 Å².